The molecule has 3 nitrogen and oxygen atoms in total. The Kier molecular flexibility index (Phi) is 10.6. The van der Waals surface area contributed by atoms with Gasteiger partial charge < -0.3 is 4.74 Å². The normalized spacial score (nSPS) is 28.9. The van der Waals surface area contributed by atoms with Crippen molar-refractivity contribution < 1.29 is 4.74 Å². The molecule has 1 fully saturated rings. The van der Waals surface area contributed by atoms with E-state index in [9.17, 15) is 0 Å². The fourth-order valence-electron chi connectivity index (χ4n) is 5.54. The van der Waals surface area contributed by atoms with Crippen molar-refractivity contribution in [2.45, 2.75) is 110 Å². The monoisotopic (exact) mass is 414 g/mol. The molecule has 170 valence electrons. The minimum absolute atomic E-state index is 0.495. The molecule has 1 aliphatic heterocycles. The van der Waals surface area contributed by atoms with E-state index in [1.54, 1.807) is 5.57 Å². The van der Waals surface area contributed by atoms with Crippen LogP contribution >= 0.6 is 0 Å². The lowest BCUT2D eigenvalue weighted by molar-refractivity contribution is 0.0225. The number of allylic oxidation sites excluding steroid dienone is 2. The molecule has 0 spiro atoms. The lowest BCUT2D eigenvalue weighted by Gasteiger charge is -2.29. The summed E-state index contributed by atoms with van der Waals surface area (Å²) < 4.78 is 6.21. The highest BCUT2D eigenvalue weighted by molar-refractivity contribution is 5.84. The van der Waals surface area contributed by atoms with Crippen molar-refractivity contribution in [3.63, 3.8) is 0 Å². The van der Waals surface area contributed by atoms with E-state index in [-0.39, 0.29) is 0 Å². The second kappa shape index (κ2) is 13.5. The topological polar surface area (TPSA) is 34.0 Å². The molecule has 1 heterocycles. The van der Waals surface area contributed by atoms with E-state index < -0.39 is 0 Å². The zero-order chi connectivity index (χ0) is 21.0. The lowest BCUT2D eigenvalue weighted by Crippen LogP contribution is -2.25. The molecule has 3 heteroatoms. The second-order valence-corrected chi connectivity index (χ2v) is 10.1. The number of aliphatic imine (C=N–C) groups is 2. The maximum atomic E-state index is 6.21. The minimum atomic E-state index is 0.495. The Morgan fingerprint density at radius 3 is 2.77 bits per heavy atom. The maximum Gasteiger partial charge on any atom is 0.0575 e. The van der Waals surface area contributed by atoms with Crippen molar-refractivity contribution in [1.82, 2.24) is 0 Å². The summed E-state index contributed by atoms with van der Waals surface area (Å²) in [6.07, 6.45) is 23.0. The number of hydrogen-bond acceptors (Lipinski definition) is 3. The molecule has 1 saturated carbocycles. The second-order valence-electron chi connectivity index (χ2n) is 10.1. The number of hydrogen-bond donors (Lipinski definition) is 0. The summed E-state index contributed by atoms with van der Waals surface area (Å²) in [6, 6.07) is 0. The zero-order valence-corrected chi connectivity index (χ0v) is 19.8. The predicted molar refractivity (Wildman–Crippen MR) is 130 cm³/mol. The van der Waals surface area contributed by atoms with Gasteiger partial charge >= 0.3 is 0 Å². The molecule has 0 radical (unpaired) electrons. The van der Waals surface area contributed by atoms with Crippen molar-refractivity contribution in [1.29, 1.82) is 0 Å². The van der Waals surface area contributed by atoms with Gasteiger partial charge in [0.25, 0.3) is 0 Å². The molecule has 0 aromatic heterocycles. The SMILES string of the molecule is CC(=NCCCC(C)C1CC=NCC1)C1CCC(OCCCC2=CCCCC2)CC1. The molecule has 0 N–H and O–H groups in total. The van der Waals surface area contributed by atoms with Gasteiger partial charge in [-0.15, -0.1) is 0 Å². The molecule has 0 saturated heterocycles. The van der Waals surface area contributed by atoms with Gasteiger partial charge in [0, 0.05) is 25.4 Å². The first kappa shape index (κ1) is 23.7. The lowest BCUT2D eigenvalue weighted by atomic mass is 9.84. The molecule has 3 rings (SSSR count). The van der Waals surface area contributed by atoms with Crippen molar-refractivity contribution in [2.24, 2.45) is 27.7 Å². The van der Waals surface area contributed by atoms with E-state index in [0.717, 1.165) is 31.5 Å². The third-order valence-corrected chi connectivity index (χ3v) is 7.80. The van der Waals surface area contributed by atoms with Crippen LogP contribution in [0, 0.1) is 17.8 Å². The summed E-state index contributed by atoms with van der Waals surface area (Å²) in [5.41, 5.74) is 3.08. The van der Waals surface area contributed by atoms with Gasteiger partial charge in [-0.05, 0) is 121 Å². The van der Waals surface area contributed by atoms with Crippen LogP contribution in [0.2, 0.25) is 0 Å². The van der Waals surface area contributed by atoms with Crippen molar-refractivity contribution in [3.05, 3.63) is 11.6 Å². The van der Waals surface area contributed by atoms with Crippen molar-refractivity contribution >= 4 is 11.9 Å². The van der Waals surface area contributed by atoms with Crippen LogP contribution < -0.4 is 0 Å². The third kappa shape index (κ3) is 8.29. The highest BCUT2D eigenvalue weighted by atomic mass is 16.5. The van der Waals surface area contributed by atoms with E-state index in [4.69, 9.17) is 9.73 Å². The van der Waals surface area contributed by atoms with Crippen LogP contribution in [0.3, 0.4) is 0 Å². The molecular formula is C27H46N2O. The molecule has 2 unspecified atom stereocenters. The largest absolute Gasteiger partial charge is 0.378 e. The molecule has 2 aliphatic carbocycles. The van der Waals surface area contributed by atoms with Crippen LogP contribution in [0.4, 0.5) is 0 Å². The van der Waals surface area contributed by atoms with Gasteiger partial charge in [0.05, 0.1) is 6.10 Å². The Morgan fingerprint density at radius 2 is 2.03 bits per heavy atom. The summed E-state index contributed by atoms with van der Waals surface area (Å²) in [7, 11) is 0. The maximum absolute atomic E-state index is 6.21. The molecular weight excluding hydrogens is 368 g/mol. The minimum Gasteiger partial charge on any atom is -0.378 e. The van der Waals surface area contributed by atoms with Gasteiger partial charge in [-0.25, -0.2) is 0 Å². The van der Waals surface area contributed by atoms with Gasteiger partial charge in [-0.2, -0.15) is 0 Å². The van der Waals surface area contributed by atoms with E-state index in [0.29, 0.717) is 12.0 Å². The van der Waals surface area contributed by atoms with E-state index in [2.05, 4.69) is 31.1 Å². The smallest absolute Gasteiger partial charge is 0.0575 e. The first-order valence-corrected chi connectivity index (χ1v) is 13.0. The van der Waals surface area contributed by atoms with Crippen LogP contribution in [-0.4, -0.2) is 37.7 Å². The molecule has 0 aromatic carbocycles. The molecule has 0 bridgehead atoms. The molecule has 0 aromatic rings. The van der Waals surface area contributed by atoms with Crippen LogP contribution in [-0.2, 0) is 4.74 Å². The molecule has 2 atom stereocenters. The Hall–Kier alpha value is -0.960. The Bertz CT molecular complexity index is 571. The molecule has 30 heavy (non-hydrogen) atoms. The number of rotatable bonds is 11. The number of nitrogens with zero attached hydrogens (tertiary/aromatic N) is 2. The first-order valence-electron chi connectivity index (χ1n) is 13.0. The average Bonchev–Trinajstić information content (AvgIpc) is 2.81. The van der Waals surface area contributed by atoms with Gasteiger partial charge in [-0.3, -0.25) is 9.98 Å². The highest BCUT2D eigenvalue weighted by Gasteiger charge is 2.23. The Morgan fingerprint density at radius 1 is 1.17 bits per heavy atom. The molecule has 0 amide bonds. The van der Waals surface area contributed by atoms with E-state index in [1.165, 1.54) is 95.6 Å². The Balaban J connectivity index is 1.24. The summed E-state index contributed by atoms with van der Waals surface area (Å²) in [6.45, 7) is 7.70. The standard InChI is InChI=1S/C27H46N2O/c1-22(25-16-19-28-20-17-25)8-6-18-29-23(2)26-12-14-27(15-13-26)30-21-7-11-24-9-4-3-5-10-24/h9,19,22,25-27H,3-8,10-18,20-21H2,1-2H3. The fraction of sp³-hybridized carbons (Fsp3) is 0.852. The molecule has 3 aliphatic rings. The summed E-state index contributed by atoms with van der Waals surface area (Å²) >= 11 is 0. The van der Waals surface area contributed by atoms with Gasteiger partial charge in [0.15, 0.2) is 0 Å². The average molecular weight is 415 g/mol. The van der Waals surface area contributed by atoms with Crippen LogP contribution in [0.15, 0.2) is 21.6 Å². The fourth-order valence-corrected chi connectivity index (χ4v) is 5.54. The third-order valence-electron chi connectivity index (χ3n) is 7.80. The van der Waals surface area contributed by atoms with Gasteiger partial charge in [-0.1, -0.05) is 18.6 Å². The summed E-state index contributed by atoms with van der Waals surface area (Å²) in [4.78, 5) is 9.33. The van der Waals surface area contributed by atoms with Crippen molar-refractivity contribution in [3.8, 4) is 0 Å². The van der Waals surface area contributed by atoms with Crippen LogP contribution in [0.1, 0.15) is 104 Å². The zero-order valence-electron chi connectivity index (χ0n) is 19.8. The van der Waals surface area contributed by atoms with Crippen LogP contribution in [0.25, 0.3) is 0 Å². The van der Waals surface area contributed by atoms with E-state index in [1.807, 2.05) is 0 Å². The van der Waals surface area contributed by atoms with Crippen molar-refractivity contribution in [2.75, 3.05) is 19.7 Å². The summed E-state index contributed by atoms with van der Waals surface area (Å²) in [5.74, 6) is 2.36. The summed E-state index contributed by atoms with van der Waals surface area (Å²) in [5, 5.41) is 0. The van der Waals surface area contributed by atoms with Gasteiger partial charge in [0.2, 0.25) is 0 Å². The van der Waals surface area contributed by atoms with E-state index >= 15 is 0 Å². The first-order chi connectivity index (χ1) is 14.7. The predicted octanol–water partition coefficient (Wildman–Crippen LogP) is 7.20. The quantitative estimate of drug-likeness (QED) is 0.200. The number of ether oxygens (including phenoxy) is 1. The highest BCUT2D eigenvalue weighted by Crippen LogP contribution is 2.29. The Labute approximate surface area is 185 Å². The van der Waals surface area contributed by atoms with Gasteiger partial charge in [0.1, 0.15) is 0 Å². The van der Waals surface area contributed by atoms with Crippen LogP contribution in [0.5, 0.6) is 0 Å².